The summed E-state index contributed by atoms with van der Waals surface area (Å²) in [5, 5.41) is 11.7. The summed E-state index contributed by atoms with van der Waals surface area (Å²) in [5.41, 5.74) is 10.0. The van der Waals surface area contributed by atoms with Gasteiger partial charge in [-0.1, -0.05) is 29.8 Å². The molecular weight excluding hydrogens is 354 g/mol. The number of likely N-dealkylation sites (tertiary alicyclic amines) is 1. The topological polar surface area (TPSA) is 91.6 Å². The van der Waals surface area contributed by atoms with Crippen molar-refractivity contribution in [1.82, 2.24) is 9.88 Å². The third-order valence-corrected chi connectivity index (χ3v) is 6.93. The molecule has 2 heterocycles. The molecule has 4 atom stereocenters. The van der Waals surface area contributed by atoms with E-state index in [1.54, 1.807) is 0 Å². The summed E-state index contributed by atoms with van der Waals surface area (Å²) in [6.07, 6.45) is 3.28. The lowest BCUT2D eigenvalue weighted by Gasteiger charge is -2.53. The summed E-state index contributed by atoms with van der Waals surface area (Å²) in [7, 11) is 3.43. The van der Waals surface area contributed by atoms with E-state index in [1.807, 2.05) is 26.1 Å². The van der Waals surface area contributed by atoms with Crippen LogP contribution in [0.4, 0.5) is 0 Å². The number of carbonyl (C=O) groups excluding carboxylic acids is 1. The third-order valence-electron chi connectivity index (χ3n) is 6.93. The van der Waals surface area contributed by atoms with Gasteiger partial charge in [0.2, 0.25) is 0 Å². The molecule has 0 unspecified atom stereocenters. The number of allylic oxidation sites excluding steroid dienone is 1. The first-order valence-electron chi connectivity index (χ1n) is 9.87. The first-order valence-corrected chi connectivity index (χ1v) is 9.87. The van der Waals surface area contributed by atoms with Crippen molar-refractivity contribution in [2.24, 2.45) is 17.1 Å². The number of rotatable bonds is 2. The first-order chi connectivity index (χ1) is 13.5. The van der Waals surface area contributed by atoms with E-state index in [4.69, 9.17) is 10.5 Å². The van der Waals surface area contributed by atoms with Crippen molar-refractivity contribution >= 4 is 16.9 Å². The number of hydrogen-bond acceptors (Lipinski definition) is 5. The van der Waals surface area contributed by atoms with Crippen LogP contribution in [-0.4, -0.2) is 54.3 Å². The van der Waals surface area contributed by atoms with Crippen LogP contribution in [0.5, 0.6) is 0 Å². The second-order valence-electron chi connectivity index (χ2n) is 8.15. The van der Waals surface area contributed by atoms with E-state index in [0.29, 0.717) is 12.8 Å². The SMILES string of the molecule is C/C=C1/CN(C)[C@H]2Cc3c([nH]c4ccccc34)[C@H](N)C[C@@H]1[C@]2(CO)C(=O)OC. The fourth-order valence-electron chi connectivity index (χ4n) is 5.53. The number of piperidine rings is 1. The largest absolute Gasteiger partial charge is 0.468 e. The van der Waals surface area contributed by atoms with Crippen LogP contribution in [0.15, 0.2) is 35.9 Å². The van der Waals surface area contributed by atoms with E-state index in [1.165, 1.54) is 7.11 Å². The number of aliphatic hydroxyl groups excluding tert-OH is 1. The molecule has 1 saturated heterocycles. The average molecular weight is 383 g/mol. The van der Waals surface area contributed by atoms with Crippen molar-refractivity contribution in [3.63, 3.8) is 0 Å². The number of para-hydroxylation sites is 1. The Bertz CT molecular complexity index is 934. The van der Waals surface area contributed by atoms with Gasteiger partial charge in [-0.2, -0.15) is 0 Å². The Morgan fingerprint density at radius 1 is 1.46 bits per heavy atom. The van der Waals surface area contributed by atoms with E-state index in [9.17, 15) is 9.90 Å². The number of aliphatic hydroxyl groups is 1. The molecule has 1 aliphatic heterocycles. The molecule has 0 spiro atoms. The number of hydrogen-bond donors (Lipinski definition) is 3. The lowest BCUT2D eigenvalue weighted by molar-refractivity contribution is -0.169. The number of benzene rings is 1. The van der Waals surface area contributed by atoms with Crippen molar-refractivity contribution in [3.05, 3.63) is 47.2 Å². The molecule has 0 radical (unpaired) electrons. The maximum Gasteiger partial charge on any atom is 0.316 e. The summed E-state index contributed by atoms with van der Waals surface area (Å²) in [6, 6.07) is 7.75. The number of H-pyrrole nitrogens is 1. The molecule has 2 aromatic rings. The number of fused-ring (bicyclic) bond motifs is 5. The Morgan fingerprint density at radius 3 is 2.89 bits per heavy atom. The van der Waals surface area contributed by atoms with Gasteiger partial charge in [0, 0.05) is 41.1 Å². The van der Waals surface area contributed by atoms with Gasteiger partial charge in [-0.3, -0.25) is 9.69 Å². The normalized spacial score (nSPS) is 32.0. The van der Waals surface area contributed by atoms with Crippen molar-refractivity contribution < 1.29 is 14.6 Å². The molecule has 1 aromatic carbocycles. The third kappa shape index (κ3) is 2.55. The fourth-order valence-corrected chi connectivity index (χ4v) is 5.53. The minimum atomic E-state index is -1.03. The summed E-state index contributed by atoms with van der Waals surface area (Å²) in [4.78, 5) is 18.8. The molecule has 6 heteroatoms. The number of ether oxygens (including phenoxy) is 1. The van der Waals surface area contributed by atoms with Crippen molar-refractivity contribution in [3.8, 4) is 0 Å². The van der Waals surface area contributed by atoms with Gasteiger partial charge in [0.05, 0.1) is 13.7 Å². The maximum atomic E-state index is 13.1. The number of methoxy groups -OCH3 is 1. The van der Waals surface area contributed by atoms with Gasteiger partial charge < -0.3 is 20.6 Å². The molecule has 1 aliphatic carbocycles. The molecule has 1 fully saturated rings. The number of likely N-dealkylation sites (N-methyl/N-ethyl adjacent to an activating group) is 1. The molecule has 28 heavy (non-hydrogen) atoms. The molecule has 2 bridgehead atoms. The van der Waals surface area contributed by atoms with Crippen molar-refractivity contribution in [1.29, 1.82) is 0 Å². The van der Waals surface area contributed by atoms with Crippen molar-refractivity contribution in [2.45, 2.75) is 31.8 Å². The van der Waals surface area contributed by atoms with E-state index in [0.717, 1.165) is 34.3 Å². The van der Waals surface area contributed by atoms with Crippen LogP contribution >= 0.6 is 0 Å². The number of esters is 1. The van der Waals surface area contributed by atoms with Crippen LogP contribution in [0.25, 0.3) is 10.9 Å². The van der Waals surface area contributed by atoms with Gasteiger partial charge in [0.25, 0.3) is 0 Å². The van der Waals surface area contributed by atoms with Crippen LogP contribution in [0, 0.1) is 11.3 Å². The highest BCUT2D eigenvalue weighted by Crippen LogP contribution is 2.50. The predicted octanol–water partition coefficient (Wildman–Crippen LogP) is 2.14. The molecule has 0 saturated carbocycles. The van der Waals surface area contributed by atoms with Gasteiger partial charge >= 0.3 is 5.97 Å². The van der Waals surface area contributed by atoms with Gasteiger partial charge in [0.1, 0.15) is 5.41 Å². The van der Waals surface area contributed by atoms with Crippen LogP contribution < -0.4 is 5.73 Å². The van der Waals surface area contributed by atoms with Gasteiger partial charge in [-0.15, -0.1) is 0 Å². The van der Waals surface area contributed by atoms with Crippen LogP contribution in [0.3, 0.4) is 0 Å². The summed E-state index contributed by atoms with van der Waals surface area (Å²) in [6.45, 7) is 2.48. The monoisotopic (exact) mass is 383 g/mol. The Balaban J connectivity index is 1.97. The number of nitrogens with zero attached hydrogens (tertiary/aromatic N) is 1. The number of aromatic nitrogens is 1. The highest BCUT2D eigenvalue weighted by Gasteiger charge is 2.58. The number of nitrogens with one attached hydrogen (secondary N) is 1. The second-order valence-corrected chi connectivity index (χ2v) is 8.15. The summed E-state index contributed by atoms with van der Waals surface area (Å²) >= 11 is 0. The van der Waals surface area contributed by atoms with Crippen LogP contribution in [0.1, 0.15) is 30.6 Å². The smallest absolute Gasteiger partial charge is 0.316 e. The zero-order valence-corrected chi connectivity index (χ0v) is 16.7. The van der Waals surface area contributed by atoms with E-state index < -0.39 is 5.41 Å². The second kappa shape index (κ2) is 7.03. The lowest BCUT2D eigenvalue weighted by Crippen LogP contribution is -2.63. The Kier molecular flexibility index (Phi) is 4.81. The standard InChI is InChI=1S/C22H29N3O3/c1-4-13-11-25(2)19-9-15-14-7-5-6-8-18(14)24-20(15)17(23)10-16(13)22(19,12-26)21(27)28-3/h4-8,16-17,19,24,26H,9-12,23H2,1-3H3/b13-4-/t16-,17+,19-,22-/m0/s1. The Hall–Kier alpha value is -2.15. The number of carbonyl (C=O) groups is 1. The lowest BCUT2D eigenvalue weighted by atomic mass is 9.59. The molecule has 150 valence electrons. The molecule has 2 aliphatic rings. The van der Waals surface area contributed by atoms with Crippen LogP contribution in [0.2, 0.25) is 0 Å². The fraction of sp³-hybridized carbons (Fsp3) is 0.500. The minimum absolute atomic E-state index is 0.161. The van der Waals surface area contributed by atoms with Gasteiger partial charge in [0.15, 0.2) is 0 Å². The Labute approximate surface area is 165 Å². The average Bonchev–Trinajstić information content (AvgIpc) is 3.07. The predicted molar refractivity (Wildman–Crippen MR) is 109 cm³/mol. The molecular formula is C22H29N3O3. The quantitative estimate of drug-likeness (QED) is 0.546. The first kappa shape index (κ1) is 19.2. The molecule has 4 N–H and O–H groups in total. The Morgan fingerprint density at radius 2 is 2.21 bits per heavy atom. The number of nitrogens with two attached hydrogens (primary N) is 1. The summed E-state index contributed by atoms with van der Waals surface area (Å²) in [5.74, 6) is -0.517. The molecule has 6 nitrogen and oxygen atoms in total. The zero-order chi connectivity index (χ0) is 20.1. The molecule has 4 rings (SSSR count). The molecule has 1 aromatic heterocycles. The number of aromatic amines is 1. The highest BCUT2D eigenvalue weighted by molar-refractivity contribution is 5.86. The van der Waals surface area contributed by atoms with Crippen LogP contribution in [-0.2, 0) is 16.0 Å². The van der Waals surface area contributed by atoms with E-state index >= 15 is 0 Å². The molecule has 0 amide bonds. The maximum absolute atomic E-state index is 13.1. The van der Waals surface area contributed by atoms with Crippen molar-refractivity contribution in [2.75, 3.05) is 27.3 Å². The van der Waals surface area contributed by atoms with Gasteiger partial charge in [-0.05, 0) is 38.4 Å². The minimum Gasteiger partial charge on any atom is -0.468 e. The van der Waals surface area contributed by atoms with Gasteiger partial charge in [-0.25, -0.2) is 0 Å². The summed E-state index contributed by atoms with van der Waals surface area (Å²) < 4.78 is 5.25. The zero-order valence-electron chi connectivity index (χ0n) is 16.7. The highest BCUT2D eigenvalue weighted by atomic mass is 16.5. The van der Waals surface area contributed by atoms with E-state index in [-0.39, 0.29) is 30.6 Å². The van der Waals surface area contributed by atoms with E-state index in [2.05, 4.69) is 28.1 Å².